The zero-order chi connectivity index (χ0) is 23.5. The van der Waals surface area contributed by atoms with E-state index in [9.17, 15) is 13.2 Å². The average molecular weight is 466 g/mol. The molecule has 3 heterocycles. The van der Waals surface area contributed by atoms with E-state index < -0.39 is 12.1 Å². The van der Waals surface area contributed by atoms with Crippen LogP contribution in [0.2, 0.25) is 0 Å². The van der Waals surface area contributed by atoms with E-state index in [1.54, 1.807) is 0 Å². The zero-order valence-electron chi connectivity index (χ0n) is 19.0. The molecule has 33 heavy (non-hydrogen) atoms. The van der Waals surface area contributed by atoms with Gasteiger partial charge in [0.05, 0.1) is 18.9 Å². The van der Waals surface area contributed by atoms with Crippen molar-refractivity contribution in [2.24, 2.45) is 17.8 Å². The second kappa shape index (κ2) is 8.16. The number of nitrogens with zero attached hydrogens (tertiary/aromatic N) is 4. The molecule has 2 aromatic rings. The van der Waals surface area contributed by atoms with Gasteiger partial charge in [-0.05, 0) is 57.7 Å². The number of ether oxygens (including phenoxy) is 2. The summed E-state index contributed by atoms with van der Waals surface area (Å²) in [4.78, 5) is 6.38. The Balaban J connectivity index is 1.33. The maximum absolute atomic E-state index is 12.7. The van der Waals surface area contributed by atoms with E-state index in [1.165, 1.54) is 25.1 Å². The van der Waals surface area contributed by atoms with Crippen LogP contribution in [0.4, 0.5) is 19.0 Å². The number of hydrogen-bond acceptors (Lipinski definition) is 6. The Morgan fingerprint density at radius 3 is 2.52 bits per heavy atom. The second-order valence-corrected chi connectivity index (χ2v) is 9.97. The van der Waals surface area contributed by atoms with Crippen LogP contribution in [0.15, 0.2) is 18.3 Å². The topological polar surface area (TPSA) is 78.4 Å². The Bertz CT molecular complexity index is 1010. The molecule has 3 fully saturated rings. The van der Waals surface area contributed by atoms with Crippen LogP contribution in [0.1, 0.15) is 44.3 Å². The molecule has 180 valence electrons. The molecular formula is C23H30F3N5O2. The van der Waals surface area contributed by atoms with Crippen molar-refractivity contribution >= 4 is 5.82 Å². The molecule has 4 atom stereocenters. The normalized spacial score (nSPS) is 27.2. The van der Waals surface area contributed by atoms with Crippen molar-refractivity contribution < 1.29 is 22.6 Å². The van der Waals surface area contributed by atoms with Crippen molar-refractivity contribution in [1.82, 2.24) is 19.7 Å². The van der Waals surface area contributed by atoms with E-state index in [0.29, 0.717) is 41.0 Å². The molecule has 0 spiro atoms. The van der Waals surface area contributed by atoms with E-state index in [2.05, 4.69) is 35.5 Å². The van der Waals surface area contributed by atoms with Gasteiger partial charge in [-0.2, -0.15) is 5.10 Å². The minimum absolute atomic E-state index is 0.139. The smallest absolute Gasteiger partial charge is 0.402 e. The highest BCUT2D eigenvalue weighted by atomic mass is 19.4. The number of fused-ring (bicyclic) bond motifs is 1. The quantitative estimate of drug-likeness (QED) is 0.664. The molecule has 2 aromatic heterocycles. The highest BCUT2D eigenvalue weighted by molar-refractivity contribution is 5.64. The third-order valence-corrected chi connectivity index (χ3v) is 7.30. The predicted molar refractivity (Wildman–Crippen MR) is 117 cm³/mol. The molecule has 3 aliphatic rings. The number of hydrogen-bond donors (Lipinski definition) is 1. The first kappa shape index (κ1) is 22.5. The van der Waals surface area contributed by atoms with E-state index in [0.717, 1.165) is 25.5 Å². The zero-order valence-corrected chi connectivity index (χ0v) is 19.0. The van der Waals surface area contributed by atoms with Crippen LogP contribution < -0.4 is 10.5 Å². The van der Waals surface area contributed by atoms with Gasteiger partial charge < -0.3 is 20.1 Å². The number of halogens is 3. The number of nitrogens with two attached hydrogens (primary N) is 1. The van der Waals surface area contributed by atoms with Crippen LogP contribution in [0.3, 0.4) is 0 Å². The second-order valence-electron chi connectivity index (χ2n) is 9.97. The SMILES string of the molecule is CC(C)n1nc(-c2cnc(N)c(OC(F)(F)F)c2)cc1C1[C@H]2CC(N(C)CC3COC3)C[C@@H]12. The maximum Gasteiger partial charge on any atom is 0.573 e. The lowest BCUT2D eigenvalue weighted by Gasteiger charge is -2.34. The molecule has 1 aliphatic heterocycles. The van der Waals surface area contributed by atoms with E-state index in [4.69, 9.17) is 15.6 Å². The first-order valence-corrected chi connectivity index (χ1v) is 11.5. The standard InChI is InChI=1S/C23H30F3N5O2/c1-12(2)31-19(21-16-5-15(6-17(16)21)30(3)9-13-10-32-11-13)7-18(29-31)14-4-20(22(27)28-8-14)33-23(24,25)26/h4,7-8,12-13,15-17,21H,5-6,9-11H2,1-3H3,(H2,27,28)/t15?,16-,17+,21?. The summed E-state index contributed by atoms with van der Waals surface area (Å²) in [7, 11) is 2.22. The fourth-order valence-electron chi connectivity index (χ4n) is 5.57. The Labute approximate surface area is 191 Å². The fourth-order valence-corrected chi connectivity index (χ4v) is 5.57. The van der Waals surface area contributed by atoms with Crippen LogP contribution >= 0.6 is 0 Å². The molecular weight excluding hydrogens is 435 g/mol. The molecule has 2 unspecified atom stereocenters. The molecule has 0 radical (unpaired) electrons. The van der Waals surface area contributed by atoms with Crippen molar-refractivity contribution in [3.63, 3.8) is 0 Å². The van der Waals surface area contributed by atoms with Gasteiger partial charge in [0.15, 0.2) is 11.6 Å². The van der Waals surface area contributed by atoms with Gasteiger partial charge in [-0.3, -0.25) is 4.68 Å². The molecule has 2 aliphatic carbocycles. The Morgan fingerprint density at radius 1 is 1.24 bits per heavy atom. The lowest BCUT2D eigenvalue weighted by Crippen LogP contribution is -2.42. The number of aromatic nitrogens is 3. The molecule has 1 saturated heterocycles. The molecule has 2 N–H and O–H groups in total. The van der Waals surface area contributed by atoms with E-state index in [-0.39, 0.29) is 11.9 Å². The minimum atomic E-state index is -4.84. The summed E-state index contributed by atoms with van der Waals surface area (Å²) in [6.07, 6.45) is -1.05. The summed E-state index contributed by atoms with van der Waals surface area (Å²) in [5, 5.41) is 4.72. The van der Waals surface area contributed by atoms with Crippen LogP contribution in [-0.2, 0) is 4.74 Å². The Hall–Kier alpha value is -2.33. The van der Waals surface area contributed by atoms with Crippen LogP contribution in [0, 0.1) is 17.8 Å². The lowest BCUT2D eigenvalue weighted by atomic mass is 10.0. The van der Waals surface area contributed by atoms with Crippen molar-refractivity contribution in [3.05, 3.63) is 24.0 Å². The summed E-state index contributed by atoms with van der Waals surface area (Å²) in [6.45, 7) is 6.97. The van der Waals surface area contributed by atoms with Crippen molar-refractivity contribution in [3.8, 4) is 17.0 Å². The summed E-state index contributed by atoms with van der Waals surface area (Å²) in [5.74, 6) is 1.55. The molecule has 0 aromatic carbocycles. The van der Waals surface area contributed by atoms with Gasteiger partial charge in [-0.25, -0.2) is 4.98 Å². The predicted octanol–water partition coefficient (Wildman–Crippen LogP) is 4.08. The number of pyridine rings is 1. The molecule has 0 amide bonds. The third kappa shape index (κ3) is 4.42. The highest BCUT2D eigenvalue weighted by Gasteiger charge is 2.58. The number of rotatable bonds is 7. The number of anilines is 1. The summed E-state index contributed by atoms with van der Waals surface area (Å²) in [5.41, 5.74) is 7.78. The van der Waals surface area contributed by atoms with E-state index in [1.807, 2.05) is 10.7 Å². The van der Waals surface area contributed by atoms with Gasteiger partial charge in [0.1, 0.15) is 0 Å². The minimum Gasteiger partial charge on any atom is -0.402 e. The summed E-state index contributed by atoms with van der Waals surface area (Å²) < 4.78 is 49.5. The maximum atomic E-state index is 12.7. The van der Waals surface area contributed by atoms with Crippen molar-refractivity contribution in [2.75, 3.05) is 32.5 Å². The first-order chi connectivity index (χ1) is 15.6. The molecule has 2 saturated carbocycles. The molecule has 7 nitrogen and oxygen atoms in total. The van der Waals surface area contributed by atoms with Gasteiger partial charge in [0.25, 0.3) is 0 Å². The van der Waals surface area contributed by atoms with Crippen LogP contribution in [-0.4, -0.2) is 58.9 Å². The molecule has 0 bridgehead atoms. The number of alkyl halides is 3. The summed E-state index contributed by atoms with van der Waals surface area (Å²) in [6, 6.07) is 4.00. The first-order valence-electron chi connectivity index (χ1n) is 11.5. The Morgan fingerprint density at radius 2 is 1.94 bits per heavy atom. The third-order valence-electron chi connectivity index (χ3n) is 7.30. The van der Waals surface area contributed by atoms with Crippen LogP contribution in [0.25, 0.3) is 11.3 Å². The number of nitrogen functional groups attached to an aromatic ring is 1. The van der Waals surface area contributed by atoms with E-state index >= 15 is 0 Å². The average Bonchev–Trinajstić information content (AvgIpc) is 3.07. The van der Waals surface area contributed by atoms with Gasteiger partial charge in [-0.15, -0.1) is 13.2 Å². The fraction of sp³-hybridized carbons (Fsp3) is 0.652. The van der Waals surface area contributed by atoms with Gasteiger partial charge in [0.2, 0.25) is 0 Å². The summed E-state index contributed by atoms with van der Waals surface area (Å²) >= 11 is 0. The molecule has 5 rings (SSSR count). The Kier molecular flexibility index (Phi) is 5.55. The lowest BCUT2D eigenvalue weighted by molar-refractivity contribution is -0.274. The van der Waals surface area contributed by atoms with Crippen molar-refractivity contribution in [2.45, 2.75) is 51.1 Å². The van der Waals surface area contributed by atoms with Gasteiger partial charge >= 0.3 is 6.36 Å². The molecule has 10 heteroatoms. The highest BCUT2D eigenvalue weighted by Crippen LogP contribution is 2.64. The monoisotopic (exact) mass is 465 g/mol. The van der Waals surface area contributed by atoms with Crippen molar-refractivity contribution in [1.29, 1.82) is 0 Å². The van der Waals surface area contributed by atoms with Gasteiger partial charge in [0, 0.05) is 47.9 Å². The van der Waals surface area contributed by atoms with Gasteiger partial charge in [-0.1, -0.05) is 0 Å². The largest absolute Gasteiger partial charge is 0.573 e. The van der Waals surface area contributed by atoms with Crippen LogP contribution in [0.5, 0.6) is 5.75 Å².